The van der Waals surface area contributed by atoms with Crippen LogP contribution in [0.1, 0.15) is 39.5 Å². The minimum atomic E-state index is -0.125. The summed E-state index contributed by atoms with van der Waals surface area (Å²) in [4.78, 5) is 28.7. The maximum absolute atomic E-state index is 12.0. The summed E-state index contributed by atoms with van der Waals surface area (Å²) in [7, 11) is 0. The van der Waals surface area contributed by atoms with Gasteiger partial charge in [0.25, 0.3) is 5.91 Å². The third-order valence-electron chi connectivity index (χ3n) is 3.97. The molecule has 0 aliphatic heterocycles. The maximum atomic E-state index is 12.0. The summed E-state index contributed by atoms with van der Waals surface area (Å²) in [5.74, 6) is 0.130. The van der Waals surface area contributed by atoms with Gasteiger partial charge < -0.3 is 10.6 Å². The summed E-state index contributed by atoms with van der Waals surface area (Å²) in [6, 6.07) is 7.58. The van der Waals surface area contributed by atoms with Crippen molar-refractivity contribution in [1.82, 2.24) is 10.3 Å². The van der Waals surface area contributed by atoms with Gasteiger partial charge in [-0.05, 0) is 37.5 Å². The summed E-state index contributed by atoms with van der Waals surface area (Å²) in [5, 5.41) is 6.69. The molecule has 1 fully saturated rings. The van der Waals surface area contributed by atoms with Crippen LogP contribution in [0.4, 0.5) is 5.69 Å². The van der Waals surface area contributed by atoms with Crippen LogP contribution >= 0.6 is 11.3 Å². The number of nitrogens with one attached hydrogen (secondary N) is 2. The lowest BCUT2D eigenvalue weighted by atomic mass is 9.85. The van der Waals surface area contributed by atoms with E-state index in [2.05, 4.69) is 15.6 Å². The molecule has 5 nitrogen and oxygen atoms in total. The Morgan fingerprint density at radius 3 is 2.83 bits per heavy atom. The normalized spacial score (nSPS) is 14.1. The number of hydrogen-bond acceptors (Lipinski definition) is 4. The van der Waals surface area contributed by atoms with E-state index < -0.39 is 0 Å². The molecule has 120 valence electrons. The van der Waals surface area contributed by atoms with Crippen LogP contribution in [0.15, 0.2) is 30.5 Å². The Hall–Kier alpha value is -2.21. The number of amides is 2. The van der Waals surface area contributed by atoms with E-state index in [1.807, 2.05) is 31.2 Å². The monoisotopic (exact) mass is 329 g/mol. The average molecular weight is 329 g/mol. The van der Waals surface area contributed by atoms with Gasteiger partial charge in [0.1, 0.15) is 4.88 Å². The molecule has 0 unspecified atom stereocenters. The first-order valence-electron chi connectivity index (χ1n) is 7.72. The molecule has 2 amide bonds. The first-order valence-corrected chi connectivity index (χ1v) is 8.54. The number of carbonyl (C=O) groups excluding carboxylic acids is 2. The van der Waals surface area contributed by atoms with Crippen LogP contribution in [0.5, 0.6) is 0 Å². The lowest BCUT2D eigenvalue weighted by Gasteiger charge is -2.24. The number of benzene rings is 1. The molecule has 6 heteroatoms. The number of rotatable bonds is 5. The molecule has 0 bridgehead atoms. The number of nitrogens with zero attached hydrogens (tertiary/aromatic N) is 1. The quantitative estimate of drug-likeness (QED) is 0.885. The molecule has 1 saturated carbocycles. The van der Waals surface area contributed by atoms with Crippen LogP contribution < -0.4 is 10.6 Å². The molecule has 0 spiro atoms. The fraction of sp³-hybridized carbons (Fsp3) is 0.353. The average Bonchev–Trinajstić information content (AvgIpc) is 2.90. The highest BCUT2D eigenvalue weighted by Crippen LogP contribution is 2.27. The van der Waals surface area contributed by atoms with Crippen molar-refractivity contribution in [2.24, 2.45) is 5.92 Å². The third kappa shape index (κ3) is 3.96. The standard InChI is InChI=1S/C17H19N3O2S/c1-11-18-10-15(23-11)17(22)19-9-12-4-2-7-14(8-12)20-16(21)13-5-3-6-13/h2,4,7-8,10,13H,3,5-6,9H2,1H3,(H,19,22)(H,20,21). The summed E-state index contributed by atoms with van der Waals surface area (Å²) in [6.45, 7) is 2.29. The van der Waals surface area contributed by atoms with Crippen molar-refractivity contribution in [3.05, 3.63) is 45.9 Å². The molecule has 1 aromatic heterocycles. The molecule has 1 aromatic carbocycles. The molecule has 0 saturated heterocycles. The minimum absolute atomic E-state index is 0.0950. The first kappa shape index (κ1) is 15.7. The van der Waals surface area contributed by atoms with Gasteiger partial charge in [-0.15, -0.1) is 11.3 Å². The summed E-state index contributed by atoms with van der Waals surface area (Å²) >= 11 is 1.37. The minimum Gasteiger partial charge on any atom is -0.347 e. The second-order valence-electron chi connectivity index (χ2n) is 5.74. The molecule has 2 aromatic rings. The zero-order chi connectivity index (χ0) is 16.2. The van der Waals surface area contributed by atoms with E-state index in [1.165, 1.54) is 11.3 Å². The van der Waals surface area contributed by atoms with Crippen molar-refractivity contribution in [3.8, 4) is 0 Å². The zero-order valence-corrected chi connectivity index (χ0v) is 13.8. The Balaban J connectivity index is 1.56. The topological polar surface area (TPSA) is 71.1 Å². The Morgan fingerprint density at radius 2 is 2.17 bits per heavy atom. The summed E-state index contributed by atoms with van der Waals surface area (Å²) < 4.78 is 0. The Morgan fingerprint density at radius 1 is 1.35 bits per heavy atom. The molecule has 0 radical (unpaired) electrons. The van der Waals surface area contributed by atoms with Gasteiger partial charge in [0, 0.05) is 18.2 Å². The molecule has 1 aliphatic rings. The van der Waals surface area contributed by atoms with Crippen LogP contribution in [0.2, 0.25) is 0 Å². The van der Waals surface area contributed by atoms with Crippen LogP contribution in [0.25, 0.3) is 0 Å². The number of anilines is 1. The molecule has 1 heterocycles. The largest absolute Gasteiger partial charge is 0.347 e. The second-order valence-corrected chi connectivity index (χ2v) is 6.98. The number of aryl methyl sites for hydroxylation is 1. The Labute approximate surface area is 139 Å². The Kier molecular flexibility index (Phi) is 4.71. The van der Waals surface area contributed by atoms with Crippen molar-refractivity contribution in [1.29, 1.82) is 0 Å². The van der Waals surface area contributed by atoms with Gasteiger partial charge >= 0.3 is 0 Å². The molecular formula is C17H19N3O2S. The van der Waals surface area contributed by atoms with Crippen molar-refractivity contribution in [2.45, 2.75) is 32.7 Å². The lowest BCUT2D eigenvalue weighted by molar-refractivity contribution is -0.122. The van der Waals surface area contributed by atoms with Gasteiger partial charge in [-0.25, -0.2) is 4.98 Å². The van der Waals surface area contributed by atoms with E-state index in [-0.39, 0.29) is 17.7 Å². The summed E-state index contributed by atoms with van der Waals surface area (Å²) in [6.07, 6.45) is 4.69. The number of carbonyl (C=O) groups is 2. The molecule has 3 rings (SSSR count). The van der Waals surface area contributed by atoms with Crippen LogP contribution in [-0.2, 0) is 11.3 Å². The molecule has 2 N–H and O–H groups in total. The third-order valence-corrected chi connectivity index (χ3v) is 4.88. The fourth-order valence-electron chi connectivity index (χ4n) is 2.41. The van der Waals surface area contributed by atoms with Gasteiger partial charge in [0.05, 0.1) is 11.2 Å². The van der Waals surface area contributed by atoms with Crippen molar-refractivity contribution < 1.29 is 9.59 Å². The van der Waals surface area contributed by atoms with Crippen LogP contribution in [-0.4, -0.2) is 16.8 Å². The van der Waals surface area contributed by atoms with Crippen molar-refractivity contribution in [3.63, 3.8) is 0 Å². The van der Waals surface area contributed by atoms with E-state index in [0.29, 0.717) is 11.4 Å². The lowest BCUT2D eigenvalue weighted by Crippen LogP contribution is -2.28. The van der Waals surface area contributed by atoms with Gasteiger partial charge in [0.2, 0.25) is 5.91 Å². The van der Waals surface area contributed by atoms with E-state index in [9.17, 15) is 9.59 Å². The van der Waals surface area contributed by atoms with E-state index >= 15 is 0 Å². The summed E-state index contributed by atoms with van der Waals surface area (Å²) in [5.41, 5.74) is 1.73. The highest BCUT2D eigenvalue weighted by Gasteiger charge is 2.25. The zero-order valence-electron chi connectivity index (χ0n) is 13.0. The van der Waals surface area contributed by atoms with Crippen molar-refractivity contribution in [2.75, 3.05) is 5.32 Å². The first-order chi connectivity index (χ1) is 11.1. The second kappa shape index (κ2) is 6.91. The van der Waals surface area contributed by atoms with Gasteiger partial charge in [-0.2, -0.15) is 0 Å². The molecule has 0 atom stereocenters. The number of thiazole rings is 1. The predicted octanol–water partition coefficient (Wildman–Crippen LogP) is 3.12. The number of aromatic nitrogens is 1. The smallest absolute Gasteiger partial charge is 0.263 e. The van der Waals surface area contributed by atoms with Crippen molar-refractivity contribution >= 4 is 28.8 Å². The van der Waals surface area contributed by atoms with Gasteiger partial charge in [-0.1, -0.05) is 18.6 Å². The van der Waals surface area contributed by atoms with Crippen LogP contribution in [0.3, 0.4) is 0 Å². The highest BCUT2D eigenvalue weighted by molar-refractivity contribution is 7.13. The molecular weight excluding hydrogens is 310 g/mol. The molecule has 1 aliphatic carbocycles. The predicted molar refractivity (Wildman–Crippen MR) is 90.4 cm³/mol. The number of hydrogen-bond donors (Lipinski definition) is 2. The SMILES string of the molecule is Cc1ncc(C(=O)NCc2cccc(NC(=O)C3CCC3)c2)s1. The van der Waals surface area contributed by atoms with Gasteiger partial charge in [-0.3, -0.25) is 9.59 Å². The molecule has 23 heavy (non-hydrogen) atoms. The van der Waals surface area contributed by atoms with Crippen LogP contribution in [0, 0.1) is 12.8 Å². The fourth-order valence-corrected chi connectivity index (χ4v) is 3.10. The highest BCUT2D eigenvalue weighted by atomic mass is 32.1. The maximum Gasteiger partial charge on any atom is 0.263 e. The van der Waals surface area contributed by atoms with E-state index in [0.717, 1.165) is 35.5 Å². The Bertz CT molecular complexity index is 722. The van der Waals surface area contributed by atoms with E-state index in [4.69, 9.17) is 0 Å². The van der Waals surface area contributed by atoms with E-state index in [1.54, 1.807) is 6.20 Å². The van der Waals surface area contributed by atoms with Gasteiger partial charge in [0.15, 0.2) is 0 Å².